The molecule has 0 radical (unpaired) electrons. The predicted molar refractivity (Wildman–Crippen MR) is 75.2 cm³/mol. The smallest absolute Gasteiger partial charge is 0.257 e. The minimum absolute atomic E-state index is 0.0179. The van der Waals surface area contributed by atoms with E-state index in [1.165, 1.54) is 0 Å². The van der Waals surface area contributed by atoms with Gasteiger partial charge in [-0.2, -0.15) is 5.10 Å². The molecule has 2 aromatic rings. The summed E-state index contributed by atoms with van der Waals surface area (Å²) in [5.41, 5.74) is 1.50. The van der Waals surface area contributed by atoms with Crippen LogP contribution in [-0.4, -0.2) is 38.8 Å². The number of hydrogen-bond donors (Lipinski definition) is 0. The molecule has 2 aromatic heterocycles. The lowest BCUT2D eigenvalue weighted by molar-refractivity contribution is 0.0796. The number of halogens is 1. The zero-order valence-corrected chi connectivity index (χ0v) is 12.1. The summed E-state index contributed by atoms with van der Waals surface area (Å²) in [6.07, 6.45) is 4.40. The summed E-state index contributed by atoms with van der Waals surface area (Å²) in [4.78, 5) is 14.4. The van der Waals surface area contributed by atoms with E-state index in [1.54, 1.807) is 15.6 Å². The molecule has 0 spiro atoms. The van der Waals surface area contributed by atoms with Gasteiger partial charge in [0, 0.05) is 24.6 Å². The second-order valence-corrected chi connectivity index (χ2v) is 5.95. The van der Waals surface area contributed by atoms with Gasteiger partial charge in [0.05, 0.1) is 17.3 Å². The molecule has 2 heterocycles. The van der Waals surface area contributed by atoms with E-state index in [2.05, 4.69) is 28.0 Å². The van der Waals surface area contributed by atoms with Gasteiger partial charge in [0.1, 0.15) is 0 Å². The van der Waals surface area contributed by atoms with Crippen LogP contribution in [0.15, 0.2) is 30.6 Å². The van der Waals surface area contributed by atoms with Crippen LogP contribution in [0.25, 0.3) is 5.52 Å². The summed E-state index contributed by atoms with van der Waals surface area (Å²) >= 11 is 3.49. The van der Waals surface area contributed by atoms with E-state index < -0.39 is 0 Å². The fourth-order valence-corrected chi connectivity index (χ4v) is 1.98. The molecule has 1 atom stereocenters. The van der Waals surface area contributed by atoms with Crippen LogP contribution in [0.3, 0.4) is 0 Å². The molecule has 0 aliphatic carbocycles. The molecule has 1 unspecified atom stereocenters. The number of amides is 1. The molecule has 0 aliphatic heterocycles. The Hall–Kier alpha value is -1.36. The fraction of sp³-hybridized carbons (Fsp3) is 0.385. The number of carbonyl (C=O) groups excluding carboxylic acids is 1. The van der Waals surface area contributed by atoms with Crippen LogP contribution in [-0.2, 0) is 0 Å². The Balaban J connectivity index is 2.18. The highest BCUT2D eigenvalue weighted by Gasteiger charge is 2.16. The Morgan fingerprint density at radius 1 is 1.56 bits per heavy atom. The molecule has 0 aliphatic rings. The van der Waals surface area contributed by atoms with E-state index >= 15 is 0 Å². The van der Waals surface area contributed by atoms with Crippen molar-refractivity contribution in [2.75, 3.05) is 13.6 Å². The molecular weight excluding hydrogens is 294 g/mol. The van der Waals surface area contributed by atoms with Crippen LogP contribution in [0.2, 0.25) is 0 Å². The second-order valence-electron chi connectivity index (χ2n) is 4.38. The molecule has 96 valence electrons. The first-order chi connectivity index (χ1) is 8.59. The fourth-order valence-electron chi connectivity index (χ4n) is 1.78. The zero-order valence-electron chi connectivity index (χ0n) is 10.5. The number of alkyl halides is 1. The maximum absolute atomic E-state index is 12.3. The number of rotatable bonds is 4. The average molecular weight is 310 g/mol. The van der Waals surface area contributed by atoms with Crippen LogP contribution in [0.5, 0.6) is 0 Å². The first kappa shape index (κ1) is 13.1. The van der Waals surface area contributed by atoms with Gasteiger partial charge in [-0.1, -0.05) is 28.9 Å². The molecule has 0 aromatic carbocycles. The van der Waals surface area contributed by atoms with E-state index in [1.807, 2.05) is 31.4 Å². The van der Waals surface area contributed by atoms with E-state index in [9.17, 15) is 4.79 Å². The van der Waals surface area contributed by atoms with Gasteiger partial charge < -0.3 is 4.90 Å². The van der Waals surface area contributed by atoms with Crippen molar-refractivity contribution in [1.82, 2.24) is 14.5 Å². The van der Waals surface area contributed by atoms with E-state index in [-0.39, 0.29) is 5.91 Å². The van der Waals surface area contributed by atoms with Crippen molar-refractivity contribution in [1.29, 1.82) is 0 Å². The van der Waals surface area contributed by atoms with E-state index in [0.717, 1.165) is 18.5 Å². The predicted octanol–water partition coefficient (Wildman–Crippen LogP) is 2.58. The average Bonchev–Trinajstić information content (AvgIpc) is 2.78. The van der Waals surface area contributed by atoms with Crippen molar-refractivity contribution in [2.24, 2.45) is 0 Å². The zero-order chi connectivity index (χ0) is 13.1. The van der Waals surface area contributed by atoms with Gasteiger partial charge in [0.2, 0.25) is 0 Å². The van der Waals surface area contributed by atoms with Gasteiger partial charge in [-0.05, 0) is 18.6 Å². The Morgan fingerprint density at radius 2 is 2.33 bits per heavy atom. The summed E-state index contributed by atoms with van der Waals surface area (Å²) in [6, 6.07) is 5.71. The maximum Gasteiger partial charge on any atom is 0.257 e. The minimum atomic E-state index is 0.0179. The summed E-state index contributed by atoms with van der Waals surface area (Å²) in [5, 5.41) is 4.18. The summed E-state index contributed by atoms with van der Waals surface area (Å²) in [5.74, 6) is 0.0179. The highest BCUT2D eigenvalue weighted by Crippen LogP contribution is 2.13. The molecule has 0 saturated carbocycles. The van der Waals surface area contributed by atoms with Crippen LogP contribution in [0.1, 0.15) is 23.7 Å². The number of pyridine rings is 1. The molecule has 0 fully saturated rings. The van der Waals surface area contributed by atoms with Gasteiger partial charge in [-0.25, -0.2) is 4.52 Å². The number of nitrogens with zero attached hydrogens (tertiary/aromatic N) is 3. The van der Waals surface area contributed by atoms with Crippen molar-refractivity contribution >= 4 is 27.4 Å². The largest absolute Gasteiger partial charge is 0.342 e. The molecule has 4 nitrogen and oxygen atoms in total. The summed E-state index contributed by atoms with van der Waals surface area (Å²) < 4.78 is 1.72. The first-order valence-corrected chi connectivity index (χ1v) is 6.83. The lowest BCUT2D eigenvalue weighted by Crippen LogP contribution is -2.28. The standard InChI is InChI=1S/C13H16BrN3O/c1-10(14)6-8-16(2)13(18)11-9-15-17-7-4-3-5-12(11)17/h3-5,7,9-10H,6,8H2,1-2H3. The molecule has 18 heavy (non-hydrogen) atoms. The van der Waals surface area contributed by atoms with Gasteiger partial charge in [0.25, 0.3) is 5.91 Å². The number of carbonyl (C=O) groups is 1. The first-order valence-electron chi connectivity index (χ1n) is 5.91. The summed E-state index contributed by atoms with van der Waals surface area (Å²) in [6.45, 7) is 2.81. The van der Waals surface area contributed by atoms with Crippen molar-refractivity contribution in [3.63, 3.8) is 0 Å². The van der Waals surface area contributed by atoms with Gasteiger partial charge in [-0.3, -0.25) is 4.79 Å². The van der Waals surface area contributed by atoms with Gasteiger partial charge >= 0.3 is 0 Å². The molecule has 0 saturated heterocycles. The third-order valence-electron chi connectivity index (χ3n) is 2.87. The number of fused-ring (bicyclic) bond motifs is 1. The minimum Gasteiger partial charge on any atom is -0.342 e. The van der Waals surface area contributed by atoms with E-state index in [0.29, 0.717) is 10.4 Å². The van der Waals surface area contributed by atoms with Gasteiger partial charge in [-0.15, -0.1) is 0 Å². The van der Waals surface area contributed by atoms with Crippen molar-refractivity contribution in [3.05, 3.63) is 36.2 Å². The highest BCUT2D eigenvalue weighted by atomic mass is 79.9. The monoisotopic (exact) mass is 309 g/mol. The van der Waals surface area contributed by atoms with Crippen LogP contribution < -0.4 is 0 Å². The third-order valence-corrected chi connectivity index (χ3v) is 3.32. The van der Waals surface area contributed by atoms with E-state index in [4.69, 9.17) is 0 Å². The number of aromatic nitrogens is 2. The molecule has 0 N–H and O–H groups in total. The molecule has 1 amide bonds. The van der Waals surface area contributed by atoms with Crippen LogP contribution >= 0.6 is 15.9 Å². The van der Waals surface area contributed by atoms with Crippen LogP contribution in [0.4, 0.5) is 0 Å². The van der Waals surface area contributed by atoms with Gasteiger partial charge in [0.15, 0.2) is 0 Å². The van der Waals surface area contributed by atoms with Crippen molar-refractivity contribution < 1.29 is 4.79 Å². The quantitative estimate of drug-likeness (QED) is 0.814. The lowest BCUT2D eigenvalue weighted by atomic mass is 10.2. The lowest BCUT2D eigenvalue weighted by Gasteiger charge is -2.17. The normalized spacial score (nSPS) is 12.6. The molecule has 5 heteroatoms. The third kappa shape index (κ3) is 2.72. The molecule has 0 bridgehead atoms. The topological polar surface area (TPSA) is 37.6 Å². The second kappa shape index (κ2) is 5.52. The van der Waals surface area contributed by atoms with Crippen molar-refractivity contribution in [3.8, 4) is 0 Å². The molecule has 2 rings (SSSR count). The Kier molecular flexibility index (Phi) is 4.01. The SMILES string of the molecule is CC(Br)CCN(C)C(=O)c1cnn2ccccc12. The van der Waals surface area contributed by atoms with Crippen LogP contribution in [0, 0.1) is 0 Å². The molecular formula is C13H16BrN3O. The Morgan fingerprint density at radius 3 is 3.06 bits per heavy atom. The Labute approximate surface area is 115 Å². The number of hydrogen-bond acceptors (Lipinski definition) is 2. The van der Waals surface area contributed by atoms with Crippen molar-refractivity contribution in [2.45, 2.75) is 18.2 Å². The highest BCUT2D eigenvalue weighted by molar-refractivity contribution is 9.09. The Bertz CT molecular complexity index is 550. The maximum atomic E-state index is 12.3. The summed E-state index contributed by atoms with van der Waals surface area (Å²) in [7, 11) is 1.82.